The van der Waals surface area contributed by atoms with Crippen molar-refractivity contribution in [2.45, 2.75) is 27.3 Å². The average Bonchev–Trinajstić information content (AvgIpc) is 3.05. The van der Waals surface area contributed by atoms with Gasteiger partial charge in [0.25, 0.3) is 5.91 Å². The Morgan fingerprint density at radius 1 is 1.04 bits per heavy atom. The number of nitro groups is 1. The second kappa shape index (κ2) is 7.10. The lowest BCUT2D eigenvalue weighted by atomic mass is 10.1. The number of hydrogen-bond acceptors (Lipinski definition) is 6. The van der Waals surface area contributed by atoms with Crippen molar-refractivity contribution in [2.75, 3.05) is 26.2 Å². The zero-order valence-corrected chi connectivity index (χ0v) is 16.4. The van der Waals surface area contributed by atoms with Crippen molar-refractivity contribution < 1.29 is 9.72 Å². The minimum Gasteiger partial charge on any atom is -0.334 e. The van der Waals surface area contributed by atoms with Crippen molar-refractivity contribution in [1.29, 1.82) is 0 Å². The Bertz CT molecular complexity index is 891. The molecule has 0 aromatic carbocycles. The number of nitrogens with zero attached hydrogens (tertiary/aromatic N) is 7. The summed E-state index contributed by atoms with van der Waals surface area (Å²) in [5.74, 6) is -0.376. The van der Waals surface area contributed by atoms with E-state index in [1.54, 1.807) is 18.9 Å². The van der Waals surface area contributed by atoms with E-state index in [0.717, 1.165) is 17.9 Å². The number of hydrogen-bond donors (Lipinski definition) is 0. The van der Waals surface area contributed by atoms with Crippen LogP contribution in [0.2, 0.25) is 0 Å². The summed E-state index contributed by atoms with van der Waals surface area (Å²) in [6.45, 7) is 8.89. The highest BCUT2D eigenvalue weighted by Gasteiger charge is 2.33. The van der Waals surface area contributed by atoms with Crippen molar-refractivity contribution in [3.63, 3.8) is 0 Å². The number of carbonyl (C=O) groups excluding carboxylic acids is 1. The lowest BCUT2D eigenvalue weighted by molar-refractivity contribution is -0.385. The van der Waals surface area contributed by atoms with Crippen molar-refractivity contribution in [3.8, 4) is 0 Å². The molecule has 1 amide bonds. The lowest BCUT2D eigenvalue weighted by Crippen LogP contribution is -2.48. The summed E-state index contributed by atoms with van der Waals surface area (Å²) in [6.07, 6.45) is 0. The molecule has 2 aromatic rings. The second-order valence-electron chi connectivity index (χ2n) is 7.00. The fourth-order valence-electron chi connectivity index (χ4n) is 3.49. The van der Waals surface area contributed by atoms with Gasteiger partial charge in [0.2, 0.25) is 5.69 Å². The topological polar surface area (TPSA) is 102 Å². The third-order valence-electron chi connectivity index (χ3n) is 5.39. The number of carbonyl (C=O) groups is 1. The van der Waals surface area contributed by atoms with Crippen LogP contribution >= 0.6 is 0 Å². The van der Waals surface area contributed by atoms with Crippen LogP contribution in [0.3, 0.4) is 0 Å². The van der Waals surface area contributed by atoms with Gasteiger partial charge in [-0.05, 0) is 20.8 Å². The molecule has 3 heterocycles. The van der Waals surface area contributed by atoms with Crippen LogP contribution in [0.15, 0.2) is 0 Å². The molecule has 1 fully saturated rings. The minimum absolute atomic E-state index is 0.0765. The van der Waals surface area contributed by atoms with Crippen LogP contribution < -0.4 is 0 Å². The van der Waals surface area contributed by atoms with Crippen molar-refractivity contribution in [2.24, 2.45) is 14.1 Å². The smallest absolute Gasteiger partial charge is 0.322 e. The zero-order valence-electron chi connectivity index (χ0n) is 16.4. The average molecular weight is 375 g/mol. The highest BCUT2D eigenvalue weighted by Crippen LogP contribution is 2.24. The van der Waals surface area contributed by atoms with E-state index in [4.69, 9.17) is 0 Å². The van der Waals surface area contributed by atoms with Gasteiger partial charge in [-0.3, -0.25) is 29.2 Å². The first-order chi connectivity index (χ1) is 12.7. The van der Waals surface area contributed by atoms with Gasteiger partial charge in [-0.1, -0.05) is 0 Å². The molecule has 0 aliphatic carbocycles. The first-order valence-corrected chi connectivity index (χ1v) is 8.89. The molecule has 0 spiro atoms. The number of aromatic nitrogens is 4. The molecule has 0 unspecified atom stereocenters. The number of rotatable bonds is 4. The van der Waals surface area contributed by atoms with E-state index in [1.807, 2.05) is 18.7 Å². The molecule has 2 aromatic heterocycles. The summed E-state index contributed by atoms with van der Waals surface area (Å²) < 4.78 is 3.27. The molecule has 1 aliphatic rings. The molecule has 0 saturated carbocycles. The van der Waals surface area contributed by atoms with Crippen molar-refractivity contribution in [1.82, 2.24) is 29.4 Å². The molecule has 0 N–H and O–H groups in total. The summed E-state index contributed by atoms with van der Waals surface area (Å²) in [5.41, 5.74) is 3.48. The molecule has 1 saturated heterocycles. The first kappa shape index (κ1) is 19.0. The maximum atomic E-state index is 12.8. The van der Waals surface area contributed by atoms with E-state index in [0.29, 0.717) is 31.9 Å². The van der Waals surface area contributed by atoms with E-state index in [9.17, 15) is 14.9 Å². The number of amides is 1. The molecular formula is C17H25N7O3. The van der Waals surface area contributed by atoms with Gasteiger partial charge in [-0.25, -0.2) is 0 Å². The second-order valence-corrected chi connectivity index (χ2v) is 7.00. The molecule has 10 heteroatoms. The first-order valence-electron chi connectivity index (χ1n) is 8.89. The van der Waals surface area contributed by atoms with Crippen LogP contribution in [0, 0.1) is 30.9 Å². The third-order valence-corrected chi connectivity index (χ3v) is 5.39. The van der Waals surface area contributed by atoms with Gasteiger partial charge < -0.3 is 4.90 Å². The van der Waals surface area contributed by atoms with Gasteiger partial charge in [-0.2, -0.15) is 10.2 Å². The molecule has 3 rings (SSSR count). The zero-order chi connectivity index (χ0) is 19.9. The standard InChI is InChI=1S/C17H25N7O3/c1-11-14(12(2)20(4)18-11)10-22-6-8-23(9-7-22)17(25)15-16(24(26)27)13(3)21(5)19-15/h6-10H2,1-5H3. The van der Waals surface area contributed by atoms with Crippen LogP contribution in [0.1, 0.15) is 33.1 Å². The monoisotopic (exact) mass is 375 g/mol. The van der Waals surface area contributed by atoms with Gasteiger partial charge in [0, 0.05) is 58.1 Å². The van der Waals surface area contributed by atoms with Crippen LogP contribution in [0.4, 0.5) is 5.69 Å². The Balaban J connectivity index is 1.68. The number of aryl methyl sites for hydroxylation is 3. The largest absolute Gasteiger partial charge is 0.334 e. The SMILES string of the molecule is Cc1nn(C)c(C)c1CN1CCN(C(=O)c2nn(C)c(C)c2[N+](=O)[O-])CC1. The van der Waals surface area contributed by atoms with Gasteiger partial charge in [0.1, 0.15) is 5.69 Å². The summed E-state index contributed by atoms with van der Waals surface area (Å²) >= 11 is 0. The maximum Gasteiger partial charge on any atom is 0.322 e. The van der Waals surface area contributed by atoms with Crippen LogP contribution in [-0.2, 0) is 20.6 Å². The number of piperazine rings is 1. The van der Waals surface area contributed by atoms with Gasteiger partial charge in [0.15, 0.2) is 0 Å². The van der Waals surface area contributed by atoms with Gasteiger partial charge >= 0.3 is 5.69 Å². The van der Waals surface area contributed by atoms with E-state index >= 15 is 0 Å². The van der Waals surface area contributed by atoms with E-state index in [2.05, 4.69) is 22.0 Å². The Labute approximate surface area is 157 Å². The molecule has 1 aliphatic heterocycles. The fourth-order valence-corrected chi connectivity index (χ4v) is 3.49. The minimum atomic E-state index is -0.528. The molecule has 27 heavy (non-hydrogen) atoms. The van der Waals surface area contributed by atoms with Gasteiger partial charge in [-0.15, -0.1) is 0 Å². The Morgan fingerprint density at radius 3 is 2.15 bits per heavy atom. The Hall–Kier alpha value is -2.75. The highest BCUT2D eigenvalue weighted by atomic mass is 16.6. The van der Waals surface area contributed by atoms with E-state index in [-0.39, 0.29) is 17.3 Å². The predicted molar refractivity (Wildman–Crippen MR) is 98.5 cm³/mol. The van der Waals surface area contributed by atoms with E-state index in [1.165, 1.54) is 10.2 Å². The molecule has 146 valence electrons. The summed E-state index contributed by atoms with van der Waals surface area (Å²) in [4.78, 5) is 27.5. The summed E-state index contributed by atoms with van der Waals surface area (Å²) in [5, 5.41) is 19.9. The summed E-state index contributed by atoms with van der Waals surface area (Å²) in [7, 11) is 3.54. The molecule has 10 nitrogen and oxygen atoms in total. The molecule has 0 atom stereocenters. The van der Waals surface area contributed by atoms with Crippen LogP contribution in [0.5, 0.6) is 0 Å². The summed E-state index contributed by atoms with van der Waals surface area (Å²) in [6, 6.07) is 0. The Kier molecular flexibility index (Phi) is 5.01. The Morgan fingerprint density at radius 2 is 1.63 bits per heavy atom. The predicted octanol–water partition coefficient (Wildman–Crippen LogP) is 0.945. The lowest BCUT2D eigenvalue weighted by Gasteiger charge is -2.34. The van der Waals surface area contributed by atoms with Crippen LogP contribution in [-0.4, -0.2) is 66.4 Å². The maximum absolute atomic E-state index is 12.8. The van der Waals surface area contributed by atoms with Crippen LogP contribution in [0.25, 0.3) is 0 Å². The van der Waals surface area contributed by atoms with Crippen molar-refractivity contribution in [3.05, 3.63) is 38.5 Å². The van der Waals surface area contributed by atoms with Crippen molar-refractivity contribution >= 4 is 11.6 Å². The third kappa shape index (κ3) is 3.44. The highest BCUT2D eigenvalue weighted by molar-refractivity contribution is 5.96. The van der Waals surface area contributed by atoms with Gasteiger partial charge in [0.05, 0.1) is 10.6 Å². The molecule has 0 radical (unpaired) electrons. The fraction of sp³-hybridized carbons (Fsp3) is 0.588. The molecule has 0 bridgehead atoms. The molecular weight excluding hydrogens is 350 g/mol. The quantitative estimate of drug-likeness (QED) is 0.582. The van der Waals surface area contributed by atoms with E-state index < -0.39 is 4.92 Å². The normalized spacial score (nSPS) is 15.4.